The summed E-state index contributed by atoms with van der Waals surface area (Å²) in [6, 6.07) is 17.4. The Morgan fingerprint density at radius 2 is 1.50 bits per heavy atom. The van der Waals surface area contributed by atoms with Crippen molar-refractivity contribution in [2.45, 2.75) is 12.8 Å². The van der Waals surface area contributed by atoms with Crippen molar-refractivity contribution in [3.63, 3.8) is 0 Å². The monoisotopic (exact) mass is 437 g/mol. The number of carbonyl (C=O) groups excluding carboxylic acids is 2. The number of amides is 2. The zero-order valence-electron chi connectivity index (χ0n) is 18.6. The summed E-state index contributed by atoms with van der Waals surface area (Å²) in [5.41, 5.74) is 1.08. The van der Waals surface area contributed by atoms with Gasteiger partial charge in [0.2, 0.25) is 5.91 Å². The molecule has 2 heterocycles. The van der Waals surface area contributed by atoms with Crippen LogP contribution in [0.3, 0.4) is 0 Å². The van der Waals surface area contributed by atoms with E-state index >= 15 is 0 Å². The van der Waals surface area contributed by atoms with Gasteiger partial charge in [0.25, 0.3) is 5.91 Å². The predicted molar refractivity (Wildman–Crippen MR) is 123 cm³/mol. The van der Waals surface area contributed by atoms with Crippen LogP contribution in [0.15, 0.2) is 54.6 Å². The molecule has 2 amide bonds. The van der Waals surface area contributed by atoms with Crippen LogP contribution in [-0.2, 0) is 9.59 Å². The average molecular weight is 438 g/mol. The Hall–Kier alpha value is -3.22. The van der Waals surface area contributed by atoms with Gasteiger partial charge in [0, 0.05) is 45.2 Å². The molecule has 0 aliphatic carbocycles. The molecule has 0 N–H and O–H groups in total. The molecular formula is C25H31N3O4. The van der Waals surface area contributed by atoms with E-state index in [9.17, 15) is 9.59 Å². The third-order valence-corrected chi connectivity index (χ3v) is 6.32. The molecule has 0 unspecified atom stereocenters. The van der Waals surface area contributed by atoms with Gasteiger partial charge >= 0.3 is 0 Å². The number of rotatable bonds is 6. The highest BCUT2D eigenvalue weighted by atomic mass is 16.5. The second-order valence-electron chi connectivity index (χ2n) is 8.24. The van der Waals surface area contributed by atoms with Crippen LogP contribution in [0.4, 0.5) is 5.69 Å². The van der Waals surface area contributed by atoms with Crippen LogP contribution in [-0.4, -0.2) is 74.6 Å². The quantitative estimate of drug-likeness (QED) is 0.695. The van der Waals surface area contributed by atoms with Gasteiger partial charge in [-0.05, 0) is 37.1 Å². The summed E-state index contributed by atoms with van der Waals surface area (Å²) in [4.78, 5) is 31.6. The Labute approximate surface area is 189 Å². The molecule has 0 spiro atoms. The molecular weight excluding hydrogens is 406 g/mol. The molecule has 0 radical (unpaired) electrons. The molecule has 0 atom stereocenters. The molecule has 0 saturated carbocycles. The fraction of sp³-hybridized carbons (Fsp3) is 0.440. The van der Waals surface area contributed by atoms with Gasteiger partial charge in [0.1, 0.15) is 11.5 Å². The van der Waals surface area contributed by atoms with Crippen molar-refractivity contribution in [1.82, 2.24) is 9.80 Å². The number of hydrogen-bond donors (Lipinski definition) is 0. The first-order valence-electron chi connectivity index (χ1n) is 11.3. The van der Waals surface area contributed by atoms with Crippen molar-refractivity contribution in [2.75, 3.05) is 57.9 Å². The van der Waals surface area contributed by atoms with E-state index in [0.717, 1.165) is 24.5 Å². The molecule has 2 aromatic carbocycles. The number of methoxy groups -OCH3 is 1. The summed E-state index contributed by atoms with van der Waals surface area (Å²) in [5, 5.41) is 0. The topological polar surface area (TPSA) is 62.3 Å². The third-order valence-electron chi connectivity index (χ3n) is 6.32. The van der Waals surface area contributed by atoms with Crippen LogP contribution in [0.5, 0.6) is 11.5 Å². The van der Waals surface area contributed by atoms with Crippen molar-refractivity contribution in [3.8, 4) is 11.5 Å². The van der Waals surface area contributed by atoms with Crippen LogP contribution < -0.4 is 14.4 Å². The lowest BCUT2D eigenvalue weighted by Crippen LogP contribution is -2.52. The number of para-hydroxylation sites is 3. The van der Waals surface area contributed by atoms with Gasteiger partial charge in [-0.2, -0.15) is 0 Å². The fourth-order valence-corrected chi connectivity index (χ4v) is 4.45. The molecule has 0 aromatic heterocycles. The minimum Gasteiger partial charge on any atom is -0.495 e. The number of likely N-dealkylation sites (tertiary alicyclic amines) is 1. The van der Waals surface area contributed by atoms with E-state index in [-0.39, 0.29) is 24.3 Å². The van der Waals surface area contributed by atoms with Gasteiger partial charge in [-0.1, -0.05) is 30.3 Å². The highest BCUT2D eigenvalue weighted by molar-refractivity contribution is 5.81. The Kier molecular flexibility index (Phi) is 7.14. The van der Waals surface area contributed by atoms with Gasteiger partial charge in [-0.25, -0.2) is 0 Å². The summed E-state index contributed by atoms with van der Waals surface area (Å²) in [5.74, 6) is 1.74. The third kappa shape index (κ3) is 5.15. The van der Waals surface area contributed by atoms with Crippen LogP contribution in [0.1, 0.15) is 12.8 Å². The minimum atomic E-state index is -0.0230. The molecule has 7 nitrogen and oxygen atoms in total. The first-order chi connectivity index (χ1) is 15.7. The largest absolute Gasteiger partial charge is 0.495 e. The van der Waals surface area contributed by atoms with Crippen molar-refractivity contribution in [1.29, 1.82) is 0 Å². The van der Waals surface area contributed by atoms with Gasteiger partial charge in [0.15, 0.2) is 6.61 Å². The van der Waals surface area contributed by atoms with E-state index in [2.05, 4.69) is 11.0 Å². The van der Waals surface area contributed by atoms with E-state index in [1.54, 1.807) is 7.11 Å². The highest BCUT2D eigenvalue weighted by Crippen LogP contribution is 2.29. The van der Waals surface area contributed by atoms with Crippen LogP contribution in [0, 0.1) is 5.92 Å². The van der Waals surface area contributed by atoms with Crippen molar-refractivity contribution >= 4 is 17.5 Å². The lowest BCUT2D eigenvalue weighted by Gasteiger charge is -2.39. The van der Waals surface area contributed by atoms with Crippen molar-refractivity contribution in [2.24, 2.45) is 5.92 Å². The van der Waals surface area contributed by atoms with Crippen molar-refractivity contribution < 1.29 is 19.1 Å². The minimum absolute atomic E-state index is 0.00750. The molecule has 2 aliphatic rings. The second kappa shape index (κ2) is 10.4. The number of carbonyl (C=O) groups is 2. The summed E-state index contributed by atoms with van der Waals surface area (Å²) in [6.07, 6.45) is 1.42. The first-order valence-corrected chi connectivity index (χ1v) is 11.3. The van der Waals surface area contributed by atoms with E-state index in [1.165, 1.54) is 0 Å². The molecule has 32 heavy (non-hydrogen) atoms. The van der Waals surface area contributed by atoms with Crippen LogP contribution >= 0.6 is 0 Å². The number of ether oxygens (including phenoxy) is 2. The summed E-state index contributed by atoms with van der Waals surface area (Å²) < 4.78 is 11.1. The molecule has 2 aliphatic heterocycles. The Bertz CT molecular complexity index is 904. The highest BCUT2D eigenvalue weighted by Gasteiger charge is 2.32. The fourth-order valence-electron chi connectivity index (χ4n) is 4.45. The van der Waals surface area contributed by atoms with Crippen LogP contribution in [0.25, 0.3) is 0 Å². The SMILES string of the molecule is COc1ccccc1N1CCN(C(=O)C2CCN(C(=O)COc3ccccc3)CC2)CC1. The molecule has 0 bridgehead atoms. The van der Waals surface area contributed by atoms with Gasteiger partial charge in [-0.3, -0.25) is 9.59 Å². The van der Waals surface area contributed by atoms with Crippen LogP contribution in [0.2, 0.25) is 0 Å². The van der Waals surface area contributed by atoms with E-state index in [1.807, 2.05) is 58.3 Å². The maximum atomic E-state index is 13.1. The predicted octanol–water partition coefficient (Wildman–Crippen LogP) is 2.66. The zero-order chi connectivity index (χ0) is 22.3. The standard InChI is InChI=1S/C25H31N3O4/c1-31-23-10-6-5-9-22(23)26-15-17-28(18-16-26)25(30)20-11-13-27(14-12-20)24(29)19-32-21-7-3-2-4-8-21/h2-10,20H,11-19H2,1H3. The average Bonchev–Trinajstić information content (AvgIpc) is 2.87. The number of piperidine rings is 1. The molecule has 2 fully saturated rings. The number of piperazine rings is 1. The van der Waals surface area contributed by atoms with E-state index < -0.39 is 0 Å². The summed E-state index contributed by atoms with van der Waals surface area (Å²) in [7, 11) is 1.68. The number of nitrogens with zero attached hydrogens (tertiary/aromatic N) is 3. The normalized spacial score (nSPS) is 17.2. The summed E-state index contributed by atoms with van der Waals surface area (Å²) in [6.45, 7) is 4.25. The molecule has 170 valence electrons. The molecule has 4 rings (SSSR count). The van der Waals surface area contributed by atoms with E-state index in [4.69, 9.17) is 9.47 Å². The van der Waals surface area contributed by atoms with Crippen molar-refractivity contribution in [3.05, 3.63) is 54.6 Å². The van der Waals surface area contributed by atoms with Gasteiger partial charge in [-0.15, -0.1) is 0 Å². The molecule has 7 heteroatoms. The van der Waals surface area contributed by atoms with E-state index in [0.29, 0.717) is 44.8 Å². The molecule has 2 aromatic rings. The Morgan fingerprint density at radius 1 is 0.844 bits per heavy atom. The number of hydrogen-bond acceptors (Lipinski definition) is 5. The summed E-state index contributed by atoms with van der Waals surface area (Å²) >= 11 is 0. The maximum Gasteiger partial charge on any atom is 0.260 e. The van der Waals surface area contributed by atoms with Gasteiger partial charge in [0.05, 0.1) is 12.8 Å². The first kappa shape index (κ1) is 22.0. The Balaban J connectivity index is 1.22. The number of anilines is 1. The zero-order valence-corrected chi connectivity index (χ0v) is 18.6. The van der Waals surface area contributed by atoms with Gasteiger partial charge < -0.3 is 24.2 Å². The maximum absolute atomic E-state index is 13.1. The Morgan fingerprint density at radius 3 is 2.19 bits per heavy atom. The lowest BCUT2D eigenvalue weighted by atomic mass is 9.95. The lowest BCUT2D eigenvalue weighted by molar-refractivity contribution is -0.141. The number of benzene rings is 2. The second-order valence-corrected chi connectivity index (χ2v) is 8.24. The molecule has 2 saturated heterocycles. The smallest absolute Gasteiger partial charge is 0.260 e.